The standard InChI is InChI=1S/C11H21O6P/c1-14-10(12)11(7-5-4-6-8-11)17-9-18(13,15-2)16-3/h4-9H2,1-3H3. The fourth-order valence-electron chi connectivity index (χ4n) is 2.10. The van der Waals surface area contributed by atoms with E-state index in [0.29, 0.717) is 12.8 Å². The monoisotopic (exact) mass is 280 g/mol. The lowest BCUT2D eigenvalue weighted by molar-refractivity contribution is -0.172. The van der Waals surface area contributed by atoms with E-state index in [9.17, 15) is 9.36 Å². The third-order valence-corrected chi connectivity index (χ3v) is 4.83. The molecule has 6 nitrogen and oxygen atoms in total. The van der Waals surface area contributed by atoms with E-state index in [1.54, 1.807) is 0 Å². The van der Waals surface area contributed by atoms with Gasteiger partial charge in [0.15, 0.2) is 5.60 Å². The Morgan fingerprint density at radius 2 is 1.67 bits per heavy atom. The summed E-state index contributed by atoms with van der Waals surface area (Å²) in [6, 6.07) is 0. The van der Waals surface area contributed by atoms with Crippen LogP contribution in [0.4, 0.5) is 0 Å². The Hall–Kier alpha value is -0.420. The van der Waals surface area contributed by atoms with Crippen LogP contribution in [0, 0.1) is 0 Å². The maximum atomic E-state index is 11.9. The van der Waals surface area contributed by atoms with Gasteiger partial charge in [0.25, 0.3) is 0 Å². The van der Waals surface area contributed by atoms with Crippen molar-refractivity contribution in [2.75, 3.05) is 27.7 Å². The SMILES string of the molecule is COC(=O)C1(OCP(=O)(OC)OC)CCCCC1. The molecule has 0 N–H and O–H groups in total. The van der Waals surface area contributed by atoms with Crippen LogP contribution in [0.1, 0.15) is 32.1 Å². The van der Waals surface area contributed by atoms with Gasteiger partial charge in [0, 0.05) is 14.2 Å². The van der Waals surface area contributed by atoms with E-state index in [0.717, 1.165) is 19.3 Å². The first-order valence-corrected chi connectivity index (χ1v) is 7.67. The second-order valence-corrected chi connectivity index (χ2v) is 6.51. The number of ether oxygens (including phenoxy) is 2. The van der Waals surface area contributed by atoms with E-state index in [4.69, 9.17) is 18.5 Å². The van der Waals surface area contributed by atoms with E-state index in [-0.39, 0.29) is 6.35 Å². The van der Waals surface area contributed by atoms with Gasteiger partial charge in [0.1, 0.15) is 6.35 Å². The first kappa shape index (κ1) is 15.6. The van der Waals surface area contributed by atoms with Crippen molar-refractivity contribution in [1.82, 2.24) is 0 Å². The molecule has 0 aliphatic heterocycles. The molecule has 1 saturated carbocycles. The molecule has 0 spiro atoms. The Morgan fingerprint density at radius 1 is 1.11 bits per heavy atom. The molecule has 0 atom stereocenters. The fourth-order valence-corrected chi connectivity index (χ4v) is 2.86. The van der Waals surface area contributed by atoms with Gasteiger partial charge in [0.05, 0.1) is 7.11 Å². The maximum absolute atomic E-state index is 11.9. The van der Waals surface area contributed by atoms with Gasteiger partial charge in [-0.25, -0.2) is 4.79 Å². The summed E-state index contributed by atoms with van der Waals surface area (Å²) in [4.78, 5) is 11.9. The summed E-state index contributed by atoms with van der Waals surface area (Å²) < 4.78 is 31.9. The molecule has 1 aliphatic carbocycles. The van der Waals surface area contributed by atoms with Crippen LogP contribution < -0.4 is 0 Å². The van der Waals surface area contributed by atoms with Gasteiger partial charge in [-0.05, 0) is 25.7 Å². The molecule has 0 saturated heterocycles. The predicted octanol–water partition coefficient (Wildman–Crippen LogP) is 2.32. The van der Waals surface area contributed by atoms with Crippen LogP contribution in [0.2, 0.25) is 0 Å². The van der Waals surface area contributed by atoms with E-state index in [1.165, 1.54) is 21.3 Å². The van der Waals surface area contributed by atoms with Gasteiger partial charge in [-0.1, -0.05) is 6.42 Å². The van der Waals surface area contributed by atoms with Crippen molar-refractivity contribution in [3.63, 3.8) is 0 Å². The molecule has 1 rings (SSSR count). The van der Waals surface area contributed by atoms with Gasteiger partial charge >= 0.3 is 13.6 Å². The van der Waals surface area contributed by atoms with Crippen LogP contribution in [-0.4, -0.2) is 39.2 Å². The van der Waals surface area contributed by atoms with Gasteiger partial charge in [0.2, 0.25) is 0 Å². The molecule has 0 aromatic carbocycles. The van der Waals surface area contributed by atoms with E-state index >= 15 is 0 Å². The zero-order valence-electron chi connectivity index (χ0n) is 11.1. The molecule has 1 aliphatic rings. The lowest BCUT2D eigenvalue weighted by atomic mass is 9.85. The number of esters is 1. The Balaban J connectivity index is 2.73. The second-order valence-electron chi connectivity index (χ2n) is 4.30. The number of carbonyl (C=O) groups is 1. The van der Waals surface area contributed by atoms with Crippen molar-refractivity contribution in [1.29, 1.82) is 0 Å². The molecular weight excluding hydrogens is 259 g/mol. The molecule has 0 heterocycles. The van der Waals surface area contributed by atoms with Crippen molar-refractivity contribution in [3.8, 4) is 0 Å². The average Bonchev–Trinajstić information content (AvgIpc) is 2.44. The highest BCUT2D eigenvalue weighted by Gasteiger charge is 2.43. The molecular formula is C11H21O6P. The Labute approximate surface area is 107 Å². The largest absolute Gasteiger partial charge is 0.467 e. The summed E-state index contributed by atoms with van der Waals surface area (Å²) in [5.74, 6) is -0.416. The number of carbonyl (C=O) groups excluding carboxylic acids is 1. The van der Waals surface area contributed by atoms with Crippen molar-refractivity contribution >= 4 is 13.6 Å². The van der Waals surface area contributed by atoms with E-state index in [2.05, 4.69) is 0 Å². The van der Waals surface area contributed by atoms with Crippen molar-refractivity contribution < 1.29 is 27.9 Å². The first-order chi connectivity index (χ1) is 8.52. The smallest absolute Gasteiger partial charge is 0.355 e. The lowest BCUT2D eigenvalue weighted by Crippen LogP contribution is -2.44. The summed E-state index contributed by atoms with van der Waals surface area (Å²) in [7, 11) is 0.639. The number of methoxy groups -OCH3 is 1. The molecule has 0 amide bonds. The molecule has 18 heavy (non-hydrogen) atoms. The molecule has 1 fully saturated rings. The van der Waals surface area contributed by atoms with Gasteiger partial charge in [-0.2, -0.15) is 0 Å². The molecule has 0 radical (unpaired) electrons. The van der Waals surface area contributed by atoms with Gasteiger partial charge < -0.3 is 18.5 Å². The number of rotatable bonds is 6. The van der Waals surface area contributed by atoms with Crippen LogP contribution in [0.15, 0.2) is 0 Å². The molecule has 0 aromatic heterocycles. The fraction of sp³-hybridized carbons (Fsp3) is 0.909. The van der Waals surface area contributed by atoms with Crippen LogP contribution in [-0.2, 0) is 27.9 Å². The maximum Gasteiger partial charge on any atom is 0.355 e. The summed E-state index contributed by atoms with van der Waals surface area (Å²) in [6.45, 7) is 0. The highest BCUT2D eigenvalue weighted by Crippen LogP contribution is 2.48. The van der Waals surface area contributed by atoms with Gasteiger partial charge in [-0.3, -0.25) is 4.57 Å². The van der Waals surface area contributed by atoms with Crippen LogP contribution in [0.25, 0.3) is 0 Å². The average molecular weight is 280 g/mol. The summed E-state index contributed by atoms with van der Waals surface area (Å²) in [5, 5.41) is 0. The second kappa shape index (κ2) is 6.66. The Kier molecular flexibility index (Phi) is 5.79. The highest BCUT2D eigenvalue weighted by molar-refractivity contribution is 7.53. The van der Waals surface area contributed by atoms with E-state index < -0.39 is 19.2 Å². The quantitative estimate of drug-likeness (QED) is 0.549. The zero-order chi connectivity index (χ0) is 13.6. The molecule has 106 valence electrons. The summed E-state index contributed by atoms with van der Waals surface area (Å²) in [6.07, 6.45) is 3.75. The van der Waals surface area contributed by atoms with Crippen LogP contribution in [0.5, 0.6) is 0 Å². The minimum absolute atomic E-state index is 0.241. The van der Waals surface area contributed by atoms with Crippen molar-refractivity contribution in [2.45, 2.75) is 37.7 Å². The molecule has 7 heteroatoms. The predicted molar refractivity (Wildman–Crippen MR) is 65.4 cm³/mol. The normalized spacial score (nSPS) is 19.5. The summed E-state index contributed by atoms with van der Waals surface area (Å²) in [5.41, 5.74) is -1.00. The highest BCUT2D eigenvalue weighted by atomic mass is 31.2. The van der Waals surface area contributed by atoms with Crippen LogP contribution >= 0.6 is 7.60 Å². The third-order valence-electron chi connectivity index (χ3n) is 3.27. The van der Waals surface area contributed by atoms with Crippen molar-refractivity contribution in [3.05, 3.63) is 0 Å². The van der Waals surface area contributed by atoms with Gasteiger partial charge in [-0.15, -0.1) is 0 Å². The third kappa shape index (κ3) is 3.54. The minimum atomic E-state index is -3.27. The molecule has 0 bridgehead atoms. The van der Waals surface area contributed by atoms with E-state index in [1.807, 2.05) is 0 Å². The minimum Gasteiger partial charge on any atom is -0.467 e. The van der Waals surface area contributed by atoms with Crippen molar-refractivity contribution in [2.24, 2.45) is 0 Å². The molecule has 0 unspecified atom stereocenters. The van der Waals surface area contributed by atoms with Crippen LogP contribution in [0.3, 0.4) is 0 Å². The Bertz CT molecular complexity index is 315. The lowest BCUT2D eigenvalue weighted by Gasteiger charge is -2.34. The first-order valence-electron chi connectivity index (χ1n) is 5.95. The topological polar surface area (TPSA) is 71.1 Å². The Morgan fingerprint density at radius 3 is 2.11 bits per heavy atom. The summed E-state index contributed by atoms with van der Waals surface area (Å²) >= 11 is 0. The number of hydrogen-bond acceptors (Lipinski definition) is 6. The number of hydrogen-bond donors (Lipinski definition) is 0. The zero-order valence-corrected chi connectivity index (χ0v) is 12.0. The molecule has 0 aromatic rings.